The molecule has 18 heavy (non-hydrogen) atoms. The molecule has 0 aromatic rings. The molecule has 108 valence electrons. The average molecular weight is 278 g/mol. The van der Waals surface area contributed by atoms with E-state index >= 15 is 0 Å². The molecule has 1 heterocycles. The molecule has 1 aliphatic rings. The fraction of sp³-hybridized carbons (Fsp3) is 1.00. The van der Waals surface area contributed by atoms with Crippen molar-refractivity contribution >= 4 is 8.80 Å². The SMILES string of the molecule is CO[Si](CCCCCCC1OCCO1)(OC)OC. The van der Waals surface area contributed by atoms with Crippen molar-refractivity contribution in [2.45, 2.75) is 44.4 Å². The monoisotopic (exact) mass is 278 g/mol. The van der Waals surface area contributed by atoms with Gasteiger partial charge < -0.3 is 22.8 Å². The Kier molecular flexibility index (Phi) is 8.04. The summed E-state index contributed by atoms with van der Waals surface area (Å²) in [7, 11) is 2.63. The van der Waals surface area contributed by atoms with E-state index < -0.39 is 8.80 Å². The molecule has 5 nitrogen and oxygen atoms in total. The zero-order valence-electron chi connectivity index (χ0n) is 11.8. The first-order valence-corrected chi connectivity index (χ1v) is 8.58. The second-order valence-corrected chi connectivity index (χ2v) is 7.51. The third-order valence-electron chi connectivity index (χ3n) is 3.30. The third-order valence-corrected chi connectivity index (χ3v) is 6.13. The van der Waals surface area contributed by atoms with E-state index in [1.165, 1.54) is 6.42 Å². The number of rotatable bonds is 10. The van der Waals surface area contributed by atoms with Crippen LogP contribution in [0.3, 0.4) is 0 Å². The number of hydrogen-bond acceptors (Lipinski definition) is 5. The largest absolute Gasteiger partial charge is 0.500 e. The molecule has 0 unspecified atom stereocenters. The van der Waals surface area contributed by atoms with Crippen molar-refractivity contribution < 1.29 is 22.8 Å². The van der Waals surface area contributed by atoms with E-state index in [1.54, 1.807) is 21.3 Å². The van der Waals surface area contributed by atoms with Crippen LogP contribution in [0.15, 0.2) is 0 Å². The average Bonchev–Trinajstić information content (AvgIpc) is 2.92. The fourth-order valence-electron chi connectivity index (χ4n) is 2.14. The zero-order valence-corrected chi connectivity index (χ0v) is 12.8. The van der Waals surface area contributed by atoms with Crippen LogP contribution in [-0.2, 0) is 22.8 Å². The van der Waals surface area contributed by atoms with Crippen LogP contribution in [-0.4, -0.2) is 49.6 Å². The highest BCUT2D eigenvalue weighted by Gasteiger charge is 2.36. The summed E-state index contributed by atoms with van der Waals surface area (Å²) in [6, 6.07) is 0.882. The molecule has 1 aliphatic heterocycles. The number of ether oxygens (including phenoxy) is 2. The van der Waals surface area contributed by atoms with Gasteiger partial charge >= 0.3 is 8.80 Å². The number of unbranched alkanes of at least 4 members (excludes halogenated alkanes) is 3. The maximum Gasteiger partial charge on any atom is 0.500 e. The molecular formula is C12H26O5Si. The predicted octanol–water partition coefficient (Wildman–Crippen LogP) is 2.19. The lowest BCUT2D eigenvalue weighted by Gasteiger charge is -2.24. The fourth-order valence-corrected chi connectivity index (χ4v) is 3.93. The molecule has 0 spiro atoms. The van der Waals surface area contributed by atoms with E-state index in [1.807, 2.05) is 0 Å². The summed E-state index contributed by atoms with van der Waals surface area (Å²) >= 11 is 0. The maximum atomic E-state index is 5.39. The standard InChI is InChI=1S/C12H26O5Si/c1-13-18(14-2,15-3)11-7-5-4-6-8-12-16-9-10-17-12/h12H,4-11H2,1-3H3. The molecule has 0 atom stereocenters. The van der Waals surface area contributed by atoms with Gasteiger partial charge in [-0.05, 0) is 19.3 Å². The second kappa shape index (κ2) is 9.01. The first-order valence-electron chi connectivity index (χ1n) is 6.65. The van der Waals surface area contributed by atoms with E-state index in [0.29, 0.717) is 0 Å². The zero-order chi connectivity index (χ0) is 13.3. The van der Waals surface area contributed by atoms with Crippen LogP contribution in [0.1, 0.15) is 32.1 Å². The topological polar surface area (TPSA) is 46.2 Å². The summed E-state index contributed by atoms with van der Waals surface area (Å²) in [5, 5.41) is 0. The molecule has 1 fully saturated rings. The van der Waals surface area contributed by atoms with Gasteiger partial charge in [0, 0.05) is 27.4 Å². The molecule has 1 rings (SSSR count). The highest BCUT2D eigenvalue weighted by Crippen LogP contribution is 2.19. The van der Waals surface area contributed by atoms with Gasteiger partial charge in [0.25, 0.3) is 0 Å². The third kappa shape index (κ3) is 5.34. The lowest BCUT2D eigenvalue weighted by molar-refractivity contribution is -0.0480. The molecule has 0 aromatic heterocycles. The van der Waals surface area contributed by atoms with Gasteiger partial charge in [0.1, 0.15) is 0 Å². The highest BCUT2D eigenvalue weighted by atomic mass is 28.4. The quantitative estimate of drug-likeness (QED) is 0.453. The summed E-state index contributed by atoms with van der Waals surface area (Å²) in [6.45, 7) is 1.49. The molecule has 0 aliphatic carbocycles. The molecule has 0 bridgehead atoms. The van der Waals surface area contributed by atoms with Crippen LogP contribution in [0.25, 0.3) is 0 Å². The van der Waals surface area contributed by atoms with Gasteiger partial charge in [-0.3, -0.25) is 0 Å². The van der Waals surface area contributed by atoms with E-state index in [4.69, 9.17) is 22.8 Å². The maximum absolute atomic E-state index is 5.39. The van der Waals surface area contributed by atoms with E-state index in [0.717, 1.165) is 44.9 Å². The number of hydrogen-bond donors (Lipinski definition) is 0. The first kappa shape index (κ1) is 16.1. The molecule has 1 saturated heterocycles. The predicted molar refractivity (Wildman–Crippen MR) is 70.4 cm³/mol. The first-order chi connectivity index (χ1) is 8.76. The summed E-state index contributed by atoms with van der Waals surface area (Å²) in [4.78, 5) is 0. The molecule has 0 radical (unpaired) electrons. The smallest absolute Gasteiger partial charge is 0.377 e. The lowest BCUT2D eigenvalue weighted by atomic mass is 10.1. The Balaban J connectivity index is 2.00. The highest BCUT2D eigenvalue weighted by molar-refractivity contribution is 6.60. The molecule has 6 heteroatoms. The minimum atomic E-state index is -2.35. The molecular weight excluding hydrogens is 252 g/mol. The molecule has 0 saturated carbocycles. The minimum absolute atomic E-state index is 0.0374. The van der Waals surface area contributed by atoms with Crippen molar-refractivity contribution in [3.05, 3.63) is 0 Å². The van der Waals surface area contributed by atoms with Gasteiger partial charge in [-0.1, -0.05) is 12.8 Å². The Labute approximate surface area is 111 Å². The summed E-state index contributed by atoms with van der Waals surface area (Å²) in [5.41, 5.74) is 0. The van der Waals surface area contributed by atoms with E-state index in [9.17, 15) is 0 Å². The summed E-state index contributed by atoms with van der Waals surface area (Å²) < 4.78 is 26.9. The molecule has 0 N–H and O–H groups in total. The van der Waals surface area contributed by atoms with Crippen LogP contribution in [0.2, 0.25) is 6.04 Å². The summed E-state index contributed by atoms with van der Waals surface area (Å²) in [6.07, 6.45) is 5.61. The van der Waals surface area contributed by atoms with Gasteiger partial charge in [0.05, 0.1) is 13.2 Å². The Bertz CT molecular complexity index is 196. The normalized spacial score (nSPS) is 17.5. The van der Waals surface area contributed by atoms with Crippen molar-refractivity contribution in [1.82, 2.24) is 0 Å². The van der Waals surface area contributed by atoms with Crippen LogP contribution in [0.5, 0.6) is 0 Å². The van der Waals surface area contributed by atoms with Gasteiger partial charge in [-0.2, -0.15) is 0 Å². The minimum Gasteiger partial charge on any atom is -0.377 e. The van der Waals surface area contributed by atoms with E-state index in [2.05, 4.69) is 0 Å². The van der Waals surface area contributed by atoms with Crippen molar-refractivity contribution in [2.75, 3.05) is 34.5 Å². The van der Waals surface area contributed by atoms with Crippen LogP contribution in [0.4, 0.5) is 0 Å². The Morgan fingerprint density at radius 2 is 1.44 bits per heavy atom. The molecule has 0 amide bonds. The van der Waals surface area contributed by atoms with Crippen LogP contribution in [0, 0.1) is 0 Å². The summed E-state index contributed by atoms with van der Waals surface area (Å²) in [5.74, 6) is 0. The Hall–Kier alpha value is 0.0169. The van der Waals surface area contributed by atoms with Crippen molar-refractivity contribution in [2.24, 2.45) is 0 Å². The van der Waals surface area contributed by atoms with Crippen LogP contribution >= 0.6 is 0 Å². The van der Waals surface area contributed by atoms with Gasteiger partial charge in [0.15, 0.2) is 6.29 Å². The molecule has 0 aromatic carbocycles. The van der Waals surface area contributed by atoms with Gasteiger partial charge in [-0.25, -0.2) is 0 Å². The lowest BCUT2D eigenvalue weighted by Crippen LogP contribution is -2.42. The van der Waals surface area contributed by atoms with Crippen molar-refractivity contribution in [3.8, 4) is 0 Å². The van der Waals surface area contributed by atoms with Gasteiger partial charge in [0.2, 0.25) is 0 Å². The second-order valence-electron chi connectivity index (χ2n) is 4.42. The van der Waals surface area contributed by atoms with Crippen molar-refractivity contribution in [3.63, 3.8) is 0 Å². The Morgan fingerprint density at radius 3 is 2.00 bits per heavy atom. The van der Waals surface area contributed by atoms with Crippen LogP contribution < -0.4 is 0 Å². The van der Waals surface area contributed by atoms with Gasteiger partial charge in [-0.15, -0.1) is 0 Å². The Morgan fingerprint density at radius 1 is 0.889 bits per heavy atom. The van der Waals surface area contributed by atoms with E-state index in [-0.39, 0.29) is 6.29 Å². The van der Waals surface area contributed by atoms with Crippen molar-refractivity contribution in [1.29, 1.82) is 0 Å².